The highest BCUT2D eigenvalue weighted by Gasteiger charge is 2.31. The average molecular weight is 394 g/mol. The van der Waals surface area contributed by atoms with Gasteiger partial charge in [0.2, 0.25) is 17.6 Å². The summed E-state index contributed by atoms with van der Waals surface area (Å²) in [6, 6.07) is 11.7. The Kier molecular flexibility index (Phi) is 5.76. The minimum Gasteiger partial charge on any atom is -0.467 e. The zero-order chi connectivity index (χ0) is 20.2. The van der Waals surface area contributed by atoms with Crippen LogP contribution in [0.1, 0.15) is 49.8 Å². The molecule has 1 atom stereocenters. The van der Waals surface area contributed by atoms with Crippen molar-refractivity contribution in [3.05, 3.63) is 59.9 Å². The van der Waals surface area contributed by atoms with E-state index in [-0.39, 0.29) is 11.9 Å². The molecule has 29 heavy (non-hydrogen) atoms. The summed E-state index contributed by atoms with van der Waals surface area (Å²) in [5, 5.41) is 7.06. The van der Waals surface area contributed by atoms with Crippen molar-refractivity contribution in [2.24, 2.45) is 0 Å². The highest BCUT2D eigenvalue weighted by atomic mass is 16.5. The molecule has 1 fully saturated rings. The normalized spacial score (nSPS) is 17.1. The number of likely N-dealkylation sites (tertiary alicyclic amines) is 1. The van der Waals surface area contributed by atoms with E-state index in [2.05, 4.69) is 46.3 Å². The van der Waals surface area contributed by atoms with Gasteiger partial charge in [-0.25, -0.2) is 0 Å². The first-order valence-corrected chi connectivity index (χ1v) is 10.1. The Hall–Kier alpha value is -2.93. The number of carbonyl (C=O) groups is 1. The van der Waals surface area contributed by atoms with Crippen LogP contribution in [-0.4, -0.2) is 33.5 Å². The Labute approximate surface area is 170 Å². The van der Waals surface area contributed by atoms with E-state index >= 15 is 0 Å². The van der Waals surface area contributed by atoms with Crippen molar-refractivity contribution in [2.45, 2.75) is 51.7 Å². The van der Waals surface area contributed by atoms with Crippen molar-refractivity contribution < 1.29 is 13.7 Å². The molecule has 1 N–H and O–H groups in total. The monoisotopic (exact) mass is 394 g/mol. The number of carbonyl (C=O) groups excluding carboxylic acids is 1. The topological polar surface area (TPSA) is 84.4 Å². The van der Waals surface area contributed by atoms with Crippen LogP contribution in [-0.2, 0) is 17.9 Å². The first-order valence-electron chi connectivity index (χ1n) is 10.1. The van der Waals surface area contributed by atoms with Crippen molar-refractivity contribution in [2.75, 3.05) is 6.54 Å². The first kappa shape index (κ1) is 19.4. The molecule has 152 valence electrons. The Balaban J connectivity index is 1.37. The Bertz CT molecular complexity index is 931. The van der Waals surface area contributed by atoms with E-state index in [1.807, 2.05) is 24.3 Å². The molecule has 3 heterocycles. The second-order valence-corrected chi connectivity index (χ2v) is 7.71. The fourth-order valence-corrected chi connectivity index (χ4v) is 3.64. The van der Waals surface area contributed by atoms with Crippen molar-refractivity contribution in [1.82, 2.24) is 20.4 Å². The van der Waals surface area contributed by atoms with Gasteiger partial charge in [-0.1, -0.05) is 43.3 Å². The summed E-state index contributed by atoms with van der Waals surface area (Å²) in [6.45, 7) is 6.03. The molecule has 1 aromatic carbocycles. The maximum atomic E-state index is 12.6. The number of aromatic nitrogens is 2. The van der Waals surface area contributed by atoms with Crippen molar-refractivity contribution in [3.8, 4) is 11.4 Å². The molecule has 1 aliphatic rings. The smallest absolute Gasteiger partial charge is 0.241 e. The molecular formula is C22H26N4O3. The maximum Gasteiger partial charge on any atom is 0.241 e. The Morgan fingerprint density at radius 2 is 2.10 bits per heavy atom. The largest absolute Gasteiger partial charge is 0.467 e. The van der Waals surface area contributed by atoms with Gasteiger partial charge in [0.25, 0.3) is 0 Å². The Morgan fingerprint density at radius 1 is 1.28 bits per heavy atom. The zero-order valence-corrected chi connectivity index (χ0v) is 16.8. The van der Waals surface area contributed by atoms with Gasteiger partial charge in [0.1, 0.15) is 5.76 Å². The van der Waals surface area contributed by atoms with Gasteiger partial charge in [-0.3, -0.25) is 9.69 Å². The van der Waals surface area contributed by atoms with Crippen LogP contribution >= 0.6 is 0 Å². The van der Waals surface area contributed by atoms with E-state index in [4.69, 9.17) is 8.94 Å². The lowest BCUT2D eigenvalue weighted by Crippen LogP contribution is -2.42. The lowest BCUT2D eigenvalue weighted by molar-refractivity contribution is -0.126. The third-order valence-corrected chi connectivity index (χ3v) is 5.33. The summed E-state index contributed by atoms with van der Waals surface area (Å²) >= 11 is 0. The van der Waals surface area contributed by atoms with Gasteiger partial charge in [0.15, 0.2) is 0 Å². The van der Waals surface area contributed by atoms with Crippen LogP contribution < -0.4 is 5.32 Å². The van der Waals surface area contributed by atoms with E-state index in [9.17, 15) is 4.79 Å². The fraction of sp³-hybridized carbons (Fsp3) is 0.409. The van der Waals surface area contributed by atoms with E-state index in [1.54, 1.807) is 6.26 Å². The standard InChI is InChI=1S/C22H26N4O3/c1-15(2)16-7-9-17(10-8-16)21-24-20(29-25-21)14-26-11-3-6-19(26)22(27)23-13-18-5-4-12-28-18/h4-5,7-10,12,15,19H,3,6,11,13-14H2,1-2H3,(H,23,27). The number of nitrogens with zero attached hydrogens (tertiary/aromatic N) is 3. The van der Waals surface area contributed by atoms with Crippen LogP contribution in [0.2, 0.25) is 0 Å². The van der Waals surface area contributed by atoms with Crippen LogP contribution in [0.15, 0.2) is 51.6 Å². The molecule has 7 nitrogen and oxygen atoms in total. The minimum atomic E-state index is -0.189. The van der Waals surface area contributed by atoms with Gasteiger partial charge < -0.3 is 14.3 Å². The molecule has 1 amide bonds. The van der Waals surface area contributed by atoms with Crippen LogP contribution in [0, 0.1) is 0 Å². The molecular weight excluding hydrogens is 368 g/mol. The third-order valence-electron chi connectivity index (χ3n) is 5.33. The molecule has 4 rings (SSSR count). The van der Waals surface area contributed by atoms with E-state index < -0.39 is 0 Å². The van der Waals surface area contributed by atoms with Crippen LogP contribution in [0.5, 0.6) is 0 Å². The molecule has 7 heteroatoms. The molecule has 0 spiro atoms. The fourth-order valence-electron chi connectivity index (χ4n) is 3.64. The molecule has 0 aliphatic carbocycles. The molecule has 1 unspecified atom stereocenters. The lowest BCUT2D eigenvalue weighted by Gasteiger charge is -2.21. The number of amides is 1. The summed E-state index contributed by atoms with van der Waals surface area (Å²) in [5.41, 5.74) is 2.21. The number of nitrogens with one attached hydrogen (secondary N) is 1. The molecule has 3 aromatic rings. The molecule has 0 saturated carbocycles. The first-order chi connectivity index (χ1) is 14.1. The molecule has 0 bridgehead atoms. The summed E-state index contributed by atoms with van der Waals surface area (Å²) in [7, 11) is 0. The van der Waals surface area contributed by atoms with E-state index in [0.717, 1.165) is 30.7 Å². The highest BCUT2D eigenvalue weighted by molar-refractivity contribution is 5.81. The highest BCUT2D eigenvalue weighted by Crippen LogP contribution is 2.23. The quantitative estimate of drug-likeness (QED) is 0.657. The molecule has 1 aliphatic heterocycles. The van der Waals surface area contributed by atoms with Gasteiger partial charge in [0, 0.05) is 5.56 Å². The predicted octanol–water partition coefficient (Wildman–Crippen LogP) is 3.73. The number of benzene rings is 1. The van der Waals surface area contributed by atoms with Crippen molar-refractivity contribution in [3.63, 3.8) is 0 Å². The summed E-state index contributed by atoms with van der Waals surface area (Å²) < 4.78 is 10.7. The third kappa shape index (κ3) is 4.56. The maximum absolute atomic E-state index is 12.6. The van der Waals surface area contributed by atoms with Gasteiger partial charge in [0.05, 0.1) is 25.4 Å². The van der Waals surface area contributed by atoms with Crippen molar-refractivity contribution in [1.29, 1.82) is 0 Å². The van der Waals surface area contributed by atoms with E-state index in [0.29, 0.717) is 30.7 Å². The van der Waals surface area contributed by atoms with Gasteiger partial charge in [-0.2, -0.15) is 4.98 Å². The van der Waals surface area contributed by atoms with Gasteiger partial charge in [-0.05, 0) is 43.0 Å². The number of hydrogen-bond acceptors (Lipinski definition) is 6. The van der Waals surface area contributed by atoms with Crippen LogP contribution in [0.25, 0.3) is 11.4 Å². The second-order valence-electron chi connectivity index (χ2n) is 7.71. The Morgan fingerprint density at radius 3 is 2.83 bits per heavy atom. The second kappa shape index (κ2) is 8.61. The zero-order valence-electron chi connectivity index (χ0n) is 16.8. The number of hydrogen-bond donors (Lipinski definition) is 1. The average Bonchev–Trinajstić information content (AvgIpc) is 3.49. The molecule has 2 aromatic heterocycles. The van der Waals surface area contributed by atoms with Gasteiger partial charge in [-0.15, -0.1) is 0 Å². The molecule has 1 saturated heterocycles. The van der Waals surface area contributed by atoms with Crippen LogP contribution in [0.3, 0.4) is 0 Å². The molecule has 0 radical (unpaired) electrons. The van der Waals surface area contributed by atoms with E-state index in [1.165, 1.54) is 5.56 Å². The minimum absolute atomic E-state index is 0.00270. The summed E-state index contributed by atoms with van der Waals surface area (Å²) in [5.74, 6) is 2.33. The SMILES string of the molecule is CC(C)c1ccc(-c2noc(CN3CCCC3C(=O)NCc3ccco3)n2)cc1. The predicted molar refractivity (Wildman–Crippen MR) is 108 cm³/mol. The number of rotatable bonds is 7. The summed E-state index contributed by atoms with van der Waals surface area (Å²) in [4.78, 5) is 19.2. The van der Waals surface area contributed by atoms with Crippen LogP contribution in [0.4, 0.5) is 0 Å². The van der Waals surface area contributed by atoms with Gasteiger partial charge >= 0.3 is 0 Å². The lowest BCUT2D eigenvalue weighted by atomic mass is 10.0. The summed E-state index contributed by atoms with van der Waals surface area (Å²) in [6.07, 6.45) is 3.39. The van der Waals surface area contributed by atoms with Crippen molar-refractivity contribution >= 4 is 5.91 Å². The number of furan rings is 1.